The van der Waals surface area contributed by atoms with Crippen LogP contribution in [0.3, 0.4) is 0 Å². The predicted molar refractivity (Wildman–Crippen MR) is 69.2 cm³/mol. The largest absolute Gasteiger partial charge is 0.353 e. The van der Waals surface area contributed by atoms with E-state index in [0.717, 1.165) is 32.5 Å². The molecular formula is C11H22ClN3O2. The maximum absolute atomic E-state index is 11.5. The summed E-state index contributed by atoms with van der Waals surface area (Å²) in [6.45, 7) is 5.25. The number of nitrogens with one attached hydrogen (secondary N) is 2. The molecule has 0 atom stereocenters. The Labute approximate surface area is 109 Å². The molecule has 2 N–H and O–H groups in total. The fourth-order valence-electron chi connectivity index (χ4n) is 1.73. The van der Waals surface area contributed by atoms with Crippen molar-refractivity contribution in [2.75, 3.05) is 32.7 Å². The Kier molecular flexibility index (Phi) is 8.80. The number of hydrogen-bond donors (Lipinski definition) is 2. The van der Waals surface area contributed by atoms with Crippen molar-refractivity contribution in [2.45, 2.75) is 26.2 Å². The maximum atomic E-state index is 11.5. The highest BCUT2D eigenvalue weighted by atomic mass is 35.5. The molecule has 1 heterocycles. The van der Waals surface area contributed by atoms with Gasteiger partial charge >= 0.3 is 0 Å². The normalized spacial score (nSPS) is 15.4. The lowest BCUT2D eigenvalue weighted by molar-refractivity contribution is -0.137. The molecule has 1 rings (SSSR count). The van der Waals surface area contributed by atoms with Crippen molar-refractivity contribution in [2.24, 2.45) is 0 Å². The van der Waals surface area contributed by atoms with E-state index in [1.165, 1.54) is 0 Å². The van der Waals surface area contributed by atoms with Gasteiger partial charge in [0.2, 0.25) is 11.8 Å². The standard InChI is InChI=1S/C11H21N3O2.ClH/c1-2-12-6-7-13-10(15)9-14-8-4-3-5-11(14)16;/h12H,2-9H2,1H3,(H,13,15);1H. The molecule has 100 valence electrons. The number of amides is 2. The topological polar surface area (TPSA) is 61.4 Å². The number of nitrogens with zero attached hydrogens (tertiary/aromatic N) is 1. The molecule has 0 aromatic heterocycles. The van der Waals surface area contributed by atoms with Gasteiger partial charge in [-0.1, -0.05) is 6.92 Å². The van der Waals surface area contributed by atoms with Crippen LogP contribution < -0.4 is 10.6 Å². The SMILES string of the molecule is CCNCCNC(=O)CN1CCCCC1=O.Cl. The average molecular weight is 264 g/mol. The first-order chi connectivity index (χ1) is 7.74. The number of rotatable bonds is 6. The summed E-state index contributed by atoms with van der Waals surface area (Å²) in [6, 6.07) is 0. The highest BCUT2D eigenvalue weighted by molar-refractivity contribution is 5.85. The monoisotopic (exact) mass is 263 g/mol. The lowest BCUT2D eigenvalue weighted by atomic mass is 10.1. The molecule has 6 heteroatoms. The first-order valence-electron chi connectivity index (χ1n) is 5.99. The van der Waals surface area contributed by atoms with Crippen LogP contribution in [0.4, 0.5) is 0 Å². The van der Waals surface area contributed by atoms with Gasteiger partial charge in [0.25, 0.3) is 0 Å². The van der Waals surface area contributed by atoms with Crippen molar-refractivity contribution in [1.82, 2.24) is 15.5 Å². The summed E-state index contributed by atoms with van der Waals surface area (Å²) in [4.78, 5) is 24.6. The van der Waals surface area contributed by atoms with Crippen molar-refractivity contribution in [1.29, 1.82) is 0 Å². The maximum Gasteiger partial charge on any atom is 0.239 e. The van der Waals surface area contributed by atoms with Crippen LogP contribution in [-0.2, 0) is 9.59 Å². The molecule has 17 heavy (non-hydrogen) atoms. The Morgan fingerprint density at radius 2 is 2.12 bits per heavy atom. The molecule has 0 aromatic carbocycles. The van der Waals surface area contributed by atoms with E-state index in [4.69, 9.17) is 0 Å². The van der Waals surface area contributed by atoms with Gasteiger partial charge in [0.15, 0.2) is 0 Å². The molecule has 0 unspecified atom stereocenters. The van der Waals surface area contributed by atoms with Gasteiger partial charge in [-0.05, 0) is 19.4 Å². The molecule has 0 bridgehead atoms. The molecule has 0 spiro atoms. The van der Waals surface area contributed by atoms with E-state index in [9.17, 15) is 9.59 Å². The van der Waals surface area contributed by atoms with E-state index >= 15 is 0 Å². The highest BCUT2D eigenvalue weighted by Crippen LogP contribution is 2.09. The third-order valence-electron chi connectivity index (χ3n) is 2.63. The van der Waals surface area contributed by atoms with Crippen LogP contribution in [0.15, 0.2) is 0 Å². The zero-order chi connectivity index (χ0) is 11.8. The van der Waals surface area contributed by atoms with E-state index in [0.29, 0.717) is 13.0 Å². The van der Waals surface area contributed by atoms with Crippen LogP contribution in [0.1, 0.15) is 26.2 Å². The number of likely N-dealkylation sites (tertiary alicyclic amines) is 1. The van der Waals surface area contributed by atoms with Crippen LogP contribution in [0.2, 0.25) is 0 Å². The number of likely N-dealkylation sites (N-methyl/N-ethyl adjacent to an activating group) is 1. The van der Waals surface area contributed by atoms with E-state index in [-0.39, 0.29) is 30.8 Å². The van der Waals surface area contributed by atoms with E-state index in [2.05, 4.69) is 10.6 Å². The van der Waals surface area contributed by atoms with Crippen LogP contribution in [0, 0.1) is 0 Å². The lowest BCUT2D eigenvalue weighted by Crippen LogP contribution is -2.44. The summed E-state index contributed by atoms with van der Waals surface area (Å²) in [5.74, 6) is 0.0428. The van der Waals surface area contributed by atoms with Gasteiger partial charge in [0, 0.05) is 26.1 Å². The fraction of sp³-hybridized carbons (Fsp3) is 0.818. The number of halogens is 1. The van der Waals surface area contributed by atoms with Crippen molar-refractivity contribution < 1.29 is 9.59 Å². The number of carbonyl (C=O) groups is 2. The molecule has 1 aliphatic rings. The molecule has 1 saturated heterocycles. The molecule has 0 radical (unpaired) electrons. The second-order valence-corrected chi connectivity index (χ2v) is 3.98. The van der Waals surface area contributed by atoms with Gasteiger partial charge in [0.05, 0.1) is 6.54 Å². The summed E-state index contributed by atoms with van der Waals surface area (Å²) in [7, 11) is 0. The molecule has 1 aliphatic heterocycles. The summed E-state index contributed by atoms with van der Waals surface area (Å²) in [6.07, 6.45) is 2.55. The summed E-state index contributed by atoms with van der Waals surface area (Å²) >= 11 is 0. The van der Waals surface area contributed by atoms with Crippen LogP contribution in [-0.4, -0.2) is 49.4 Å². The molecule has 0 aromatic rings. The van der Waals surface area contributed by atoms with Crippen molar-refractivity contribution in [3.8, 4) is 0 Å². The van der Waals surface area contributed by atoms with Gasteiger partial charge in [-0.25, -0.2) is 0 Å². The van der Waals surface area contributed by atoms with E-state index in [1.807, 2.05) is 6.92 Å². The fourth-order valence-corrected chi connectivity index (χ4v) is 1.73. The zero-order valence-electron chi connectivity index (χ0n) is 10.3. The molecule has 2 amide bonds. The lowest BCUT2D eigenvalue weighted by Gasteiger charge is -2.25. The number of piperidine rings is 1. The van der Waals surface area contributed by atoms with Crippen molar-refractivity contribution >= 4 is 24.2 Å². The average Bonchev–Trinajstić information content (AvgIpc) is 2.28. The quantitative estimate of drug-likeness (QED) is 0.671. The Hall–Kier alpha value is -0.810. The molecule has 1 fully saturated rings. The first-order valence-corrected chi connectivity index (χ1v) is 5.99. The van der Waals surface area contributed by atoms with Crippen LogP contribution in [0.5, 0.6) is 0 Å². The summed E-state index contributed by atoms with van der Waals surface area (Å²) in [5, 5.41) is 5.91. The Bertz CT molecular complexity index is 249. The van der Waals surface area contributed by atoms with Gasteiger partial charge < -0.3 is 15.5 Å². The first kappa shape index (κ1) is 16.2. The minimum Gasteiger partial charge on any atom is -0.353 e. The molecule has 5 nitrogen and oxygen atoms in total. The number of hydrogen-bond acceptors (Lipinski definition) is 3. The molecule has 0 aliphatic carbocycles. The zero-order valence-corrected chi connectivity index (χ0v) is 11.1. The van der Waals surface area contributed by atoms with E-state index < -0.39 is 0 Å². The Balaban J connectivity index is 0.00000256. The Morgan fingerprint density at radius 3 is 2.76 bits per heavy atom. The Morgan fingerprint density at radius 1 is 1.35 bits per heavy atom. The molecule has 0 saturated carbocycles. The summed E-state index contributed by atoms with van der Waals surface area (Å²) < 4.78 is 0. The minimum absolute atomic E-state index is 0. The van der Waals surface area contributed by atoms with Crippen molar-refractivity contribution in [3.05, 3.63) is 0 Å². The second-order valence-electron chi connectivity index (χ2n) is 3.98. The highest BCUT2D eigenvalue weighted by Gasteiger charge is 2.19. The van der Waals surface area contributed by atoms with E-state index in [1.54, 1.807) is 4.90 Å². The number of carbonyl (C=O) groups excluding carboxylic acids is 2. The predicted octanol–water partition coefficient (Wildman–Crippen LogP) is 0.146. The second kappa shape index (κ2) is 9.24. The van der Waals surface area contributed by atoms with Gasteiger partial charge in [-0.15, -0.1) is 12.4 Å². The van der Waals surface area contributed by atoms with Crippen LogP contribution in [0.25, 0.3) is 0 Å². The van der Waals surface area contributed by atoms with Crippen molar-refractivity contribution in [3.63, 3.8) is 0 Å². The van der Waals surface area contributed by atoms with Gasteiger partial charge in [-0.3, -0.25) is 9.59 Å². The summed E-state index contributed by atoms with van der Waals surface area (Å²) in [5.41, 5.74) is 0. The smallest absolute Gasteiger partial charge is 0.239 e. The van der Waals surface area contributed by atoms with Gasteiger partial charge in [0.1, 0.15) is 0 Å². The minimum atomic E-state index is -0.0619. The molecular weight excluding hydrogens is 242 g/mol. The third kappa shape index (κ3) is 6.48. The van der Waals surface area contributed by atoms with Gasteiger partial charge in [-0.2, -0.15) is 0 Å². The van der Waals surface area contributed by atoms with Crippen LogP contribution >= 0.6 is 12.4 Å². The third-order valence-corrected chi connectivity index (χ3v) is 2.63.